The number of carbonyl (C=O) groups is 2. The van der Waals surface area contributed by atoms with E-state index in [1.165, 1.54) is 0 Å². The molecule has 0 aliphatic rings. The number of rotatable bonds is 10. The highest BCUT2D eigenvalue weighted by molar-refractivity contribution is 7.44. The molecule has 20 heavy (non-hydrogen) atoms. The minimum Gasteiger partial charge on any atom is -0.463 e. The Labute approximate surface area is 122 Å². The molecule has 116 valence electrons. The quantitative estimate of drug-likeness (QED) is 0.457. The Hall–Kier alpha value is -0.960. The first-order valence-corrected chi connectivity index (χ1v) is 8.75. The minimum atomic E-state index is -1.35. The van der Waals surface area contributed by atoms with Crippen molar-refractivity contribution in [2.24, 2.45) is 0 Å². The topological polar surface area (TPSA) is 69.7 Å². The van der Waals surface area contributed by atoms with Crippen molar-refractivity contribution in [2.75, 3.05) is 12.3 Å². The molecule has 0 radical (unpaired) electrons. The maximum Gasteiger partial charge on any atom is 0.338 e. The lowest BCUT2D eigenvalue weighted by molar-refractivity contribution is -0.148. The van der Waals surface area contributed by atoms with E-state index >= 15 is 0 Å². The molecule has 0 saturated heterocycles. The predicted octanol–water partition coefficient (Wildman–Crippen LogP) is 3.28. The molecular weight excluding hydrogens is 279 g/mol. The third kappa shape index (κ3) is 12.1. The van der Waals surface area contributed by atoms with Crippen molar-refractivity contribution in [3.05, 3.63) is 0 Å². The Bertz CT molecular complexity index is 296. The van der Waals surface area contributed by atoms with E-state index in [2.05, 4.69) is 0 Å². The lowest BCUT2D eigenvalue weighted by Gasteiger charge is -2.06. The van der Waals surface area contributed by atoms with Crippen molar-refractivity contribution < 1.29 is 23.6 Å². The van der Waals surface area contributed by atoms with Gasteiger partial charge >= 0.3 is 19.7 Å². The van der Waals surface area contributed by atoms with Gasteiger partial charge in [0.05, 0.1) is 12.2 Å². The van der Waals surface area contributed by atoms with Gasteiger partial charge in [0.15, 0.2) is 0 Å². The Morgan fingerprint density at radius 2 is 1.20 bits per heavy atom. The summed E-state index contributed by atoms with van der Waals surface area (Å²) in [5.41, 5.74) is 0. The van der Waals surface area contributed by atoms with E-state index in [1.807, 2.05) is 0 Å². The summed E-state index contributed by atoms with van der Waals surface area (Å²) in [6.45, 7) is 7.20. The number of carbonyl (C=O) groups excluding carboxylic acids is 2. The van der Waals surface area contributed by atoms with Crippen LogP contribution in [0.25, 0.3) is 0 Å². The maximum absolute atomic E-state index is 11.7. The number of hydrogen-bond donors (Lipinski definition) is 0. The Morgan fingerprint density at radius 3 is 1.50 bits per heavy atom. The Morgan fingerprint density at radius 1 is 0.850 bits per heavy atom. The number of hydrogen-bond acceptors (Lipinski definition) is 5. The van der Waals surface area contributed by atoms with Gasteiger partial charge in [-0.3, -0.25) is 9.59 Å². The lowest BCUT2D eigenvalue weighted by Crippen LogP contribution is -2.11. The smallest absolute Gasteiger partial charge is 0.338 e. The van der Waals surface area contributed by atoms with Gasteiger partial charge in [-0.15, -0.1) is 0 Å². The van der Waals surface area contributed by atoms with E-state index < -0.39 is 7.80 Å². The summed E-state index contributed by atoms with van der Waals surface area (Å²) in [7, 11) is -1.35. The van der Waals surface area contributed by atoms with Gasteiger partial charge in [-0.25, -0.2) is 0 Å². The van der Waals surface area contributed by atoms with Gasteiger partial charge in [-0.1, -0.05) is 4.57 Å². The highest BCUT2D eigenvalue weighted by atomic mass is 31.1. The molecule has 6 heteroatoms. The minimum absolute atomic E-state index is 0.108. The van der Waals surface area contributed by atoms with E-state index in [9.17, 15) is 14.2 Å². The molecule has 0 unspecified atom stereocenters. The molecule has 0 aromatic heterocycles. The number of ether oxygens (including phenoxy) is 2. The van der Waals surface area contributed by atoms with E-state index in [0.717, 1.165) is 0 Å². The van der Waals surface area contributed by atoms with E-state index in [0.29, 0.717) is 38.0 Å². The number of esters is 2. The van der Waals surface area contributed by atoms with Gasteiger partial charge in [0.25, 0.3) is 0 Å². The highest BCUT2D eigenvalue weighted by Gasteiger charge is 2.17. The zero-order valence-corrected chi connectivity index (χ0v) is 13.8. The molecule has 0 atom stereocenters. The van der Waals surface area contributed by atoms with Crippen LogP contribution in [0.2, 0.25) is 0 Å². The molecule has 0 spiro atoms. The maximum atomic E-state index is 11.7. The van der Waals surface area contributed by atoms with Crippen molar-refractivity contribution >= 4 is 19.7 Å². The van der Waals surface area contributed by atoms with Gasteiger partial charge in [0.1, 0.15) is 12.3 Å². The van der Waals surface area contributed by atoms with Crippen LogP contribution in [-0.2, 0) is 23.6 Å². The molecule has 0 bridgehead atoms. The Kier molecular flexibility index (Phi) is 10.3. The third-order valence-corrected chi connectivity index (χ3v) is 3.94. The van der Waals surface area contributed by atoms with E-state index in [4.69, 9.17) is 9.47 Å². The predicted molar refractivity (Wildman–Crippen MR) is 78.3 cm³/mol. The van der Waals surface area contributed by atoms with Crippen molar-refractivity contribution in [1.82, 2.24) is 0 Å². The standard InChI is InChI=1S/C14H26O5P/c1-11(2)18-13(15)7-5-9-20(17)10-6-8-14(16)19-12(3)4/h11-12H,5-10H2,1-4H3/q+1. The molecule has 5 nitrogen and oxygen atoms in total. The summed E-state index contributed by atoms with van der Waals surface area (Å²) < 4.78 is 21.7. The summed E-state index contributed by atoms with van der Waals surface area (Å²) in [6.07, 6.45) is 2.52. The van der Waals surface area contributed by atoms with Crippen molar-refractivity contribution in [1.29, 1.82) is 0 Å². The second kappa shape index (κ2) is 10.8. The molecule has 0 aromatic carbocycles. The van der Waals surface area contributed by atoms with Crippen LogP contribution in [0.4, 0.5) is 0 Å². The zero-order chi connectivity index (χ0) is 15.5. The highest BCUT2D eigenvalue weighted by Crippen LogP contribution is 2.24. The SMILES string of the molecule is CC(C)OC(=O)CCC[P+](=O)CCCC(=O)OC(C)C. The van der Waals surface area contributed by atoms with Crippen LogP contribution in [0, 0.1) is 0 Å². The molecule has 0 saturated carbocycles. The monoisotopic (exact) mass is 305 g/mol. The van der Waals surface area contributed by atoms with Gasteiger partial charge < -0.3 is 9.47 Å². The zero-order valence-electron chi connectivity index (χ0n) is 12.9. The summed E-state index contributed by atoms with van der Waals surface area (Å²) in [5.74, 6) is -0.493. The lowest BCUT2D eigenvalue weighted by atomic mass is 10.3. The fourth-order valence-corrected chi connectivity index (χ4v) is 2.80. The molecular formula is C14H26O5P+. The van der Waals surface area contributed by atoms with E-state index in [1.54, 1.807) is 27.7 Å². The second-order valence-corrected chi connectivity index (χ2v) is 7.07. The molecule has 0 aliphatic heterocycles. The summed E-state index contributed by atoms with van der Waals surface area (Å²) in [6, 6.07) is 0. The third-order valence-electron chi connectivity index (χ3n) is 2.31. The average Bonchev–Trinajstić information content (AvgIpc) is 2.26. The van der Waals surface area contributed by atoms with Crippen LogP contribution in [0.3, 0.4) is 0 Å². The van der Waals surface area contributed by atoms with Crippen LogP contribution in [0.1, 0.15) is 53.4 Å². The van der Waals surface area contributed by atoms with Gasteiger partial charge in [-0.05, 0) is 27.7 Å². The fourth-order valence-electron chi connectivity index (χ4n) is 1.55. The molecule has 0 N–H and O–H groups in total. The average molecular weight is 305 g/mol. The van der Waals surface area contributed by atoms with Crippen LogP contribution < -0.4 is 0 Å². The van der Waals surface area contributed by atoms with Crippen molar-refractivity contribution in [3.8, 4) is 0 Å². The van der Waals surface area contributed by atoms with Crippen molar-refractivity contribution in [3.63, 3.8) is 0 Å². The molecule has 0 amide bonds. The van der Waals surface area contributed by atoms with E-state index in [-0.39, 0.29) is 24.1 Å². The normalized spacial score (nSPS) is 10.7. The van der Waals surface area contributed by atoms with Gasteiger partial charge in [-0.2, -0.15) is 0 Å². The summed E-state index contributed by atoms with van der Waals surface area (Å²) >= 11 is 0. The largest absolute Gasteiger partial charge is 0.463 e. The molecule has 0 rings (SSSR count). The molecule has 0 aliphatic carbocycles. The first-order valence-electron chi connectivity index (χ1n) is 7.12. The van der Waals surface area contributed by atoms with Gasteiger partial charge in [0, 0.05) is 25.7 Å². The molecule has 0 heterocycles. The first-order chi connectivity index (χ1) is 9.31. The fraction of sp³-hybridized carbons (Fsp3) is 0.857. The van der Waals surface area contributed by atoms with Crippen LogP contribution >= 0.6 is 7.80 Å². The van der Waals surface area contributed by atoms with Crippen molar-refractivity contribution in [2.45, 2.75) is 65.6 Å². The Balaban J connectivity index is 3.60. The summed E-state index contributed by atoms with van der Waals surface area (Å²) in [5, 5.41) is 0. The molecule has 0 aromatic rings. The van der Waals surface area contributed by atoms with Crippen LogP contribution in [-0.4, -0.2) is 36.5 Å². The molecule has 0 fully saturated rings. The van der Waals surface area contributed by atoms with Crippen LogP contribution in [0.15, 0.2) is 0 Å². The van der Waals surface area contributed by atoms with Gasteiger partial charge in [0.2, 0.25) is 0 Å². The summed E-state index contributed by atoms with van der Waals surface area (Å²) in [4.78, 5) is 22.5. The second-order valence-electron chi connectivity index (χ2n) is 5.21. The first kappa shape index (κ1) is 19.0. The van der Waals surface area contributed by atoms with Crippen LogP contribution in [0.5, 0.6) is 0 Å².